The number of carbonyl (C=O) groups is 1. The SMILES string of the molecule is COc1ccc(CCNC(=O)c2ccnc(N3CCN(C)CC3)c2)cc1OC. The summed E-state index contributed by atoms with van der Waals surface area (Å²) in [6.07, 6.45) is 2.42. The second-order valence-electron chi connectivity index (χ2n) is 6.89. The highest BCUT2D eigenvalue weighted by Gasteiger charge is 2.16. The molecule has 0 unspecified atom stereocenters. The van der Waals surface area contributed by atoms with Crippen LogP contribution >= 0.6 is 0 Å². The fourth-order valence-corrected chi connectivity index (χ4v) is 3.23. The van der Waals surface area contributed by atoms with Crippen LogP contribution in [0.5, 0.6) is 11.5 Å². The van der Waals surface area contributed by atoms with Crippen molar-refractivity contribution in [3.05, 3.63) is 47.7 Å². The lowest BCUT2D eigenvalue weighted by Crippen LogP contribution is -2.44. The Kier molecular flexibility index (Phi) is 6.71. The number of nitrogens with one attached hydrogen (secondary N) is 1. The molecule has 1 fully saturated rings. The van der Waals surface area contributed by atoms with Crippen molar-refractivity contribution in [3.63, 3.8) is 0 Å². The van der Waals surface area contributed by atoms with E-state index < -0.39 is 0 Å². The van der Waals surface area contributed by atoms with Gasteiger partial charge in [0, 0.05) is 44.5 Å². The topological polar surface area (TPSA) is 66.9 Å². The van der Waals surface area contributed by atoms with Crippen molar-refractivity contribution in [2.45, 2.75) is 6.42 Å². The Balaban J connectivity index is 1.56. The minimum absolute atomic E-state index is 0.0849. The van der Waals surface area contributed by atoms with Crippen molar-refractivity contribution < 1.29 is 14.3 Å². The minimum atomic E-state index is -0.0849. The van der Waals surface area contributed by atoms with E-state index in [1.54, 1.807) is 26.5 Å². The first-order valence-electron chi connectivity index (χ1n) is 9.49. The van der Waals surface area contributed by atoms with Gasteiger partial charge in [-0.2, -0.15) is 0 Å². The third-order valence-corrected chi connectivity index (χ3v) is 4.98. The Morgan fingerprint density at radius 2 is 1.82 bits per heavy atom. The highest BCUT2D eigenvalue weighted by Crippen LogP contribution is 2.27. The van der Waals surface area contributed by atoms with Gasteiger partial charge in [-0.15, -0.1) is 0 Å². The smallest absolute Gasteiger partial charge is 0.251 e. The van der Waals surface area contributed by atoms with E-state index >= 15 is 0 Å². The number of methoxy groups -OCH3 is 2. The summed E-state index contributed by atoms with van der Waals surface area (Å²) in [4.78, 5) is 21.5. The third kappa shape index (κ3) is 4.92. The molecule has 0 aliphatic carbocycles. The first-order chi connectivity index (χ1) is 13.6. The molecule has 1 aliphatic heterocycles. The number of aromatic nitrogens is 1. The molecule has 2 heterocycles. The molecule has 0 spiro atoms. The normalized spacial score (nSPS) is 14.6. The standard InChI is InChI=1S/C21H28N4O3/c1-24-10-12-25(13-11-24)20-15-17(7-9-22-20)21(26)23-8-6-16-4-5-18(27-2)19(14-16)28-3/h4-5,7,9,14-15H,6,8,10-13H2,1-3H3,(H,23,26). The summed E-state index contributed by atoms with van der Waals surface area (Å²) in [5.41, 5.74) is 1.71. The lowest BCUT2D eigenvalue weighted by atomic mass is 10.1. The molecule has 0 saturated carbocycles. The van der Waals surface area contributed by atoms with Crippen LogP contribution in [0.25, 0.3) is 0 Å². The molecule has 1 aromatic carbocycles. The molecule has 0 radical (unpaired) electrons. The fourth-order valence-electron chi connectivity index (χ4n) is 3.23. The van der Waals surface area contributed by atoms with Crippen molar-refractivity contribution in [2.24, 2.45) is 0 Å². The molecule has 1 N–H and O–H groups in total. The number of ether oxygens (including phenoxy) is 2. The van der Waals surface area contributed by atoms with E-state index in [-0.39, 0.29) is 5.91 Å². The summed E-state index contributed by atoms with van der Waals surface area (Å²) in [5, 5.41) is 2.99. The maximum absolute atomic E-state index is 12.5. The maximum Gasteiger partial charge on any atom is 0.251 e. The predicted molar refractivity (Wildman–Crippen MR) is 110 cm³/mol. The fraction of sp³-hybridized carbons (Fsp3) is 0.429. The average molecular weight is 384 g/mol. The minimum Gasteiger partial charge on any atom is -0.493 e. The van der Waals surface area contributed by atoms with Gasteiger partial charge in [-0.05, 0) is 43.3 Å². The highest BCUT2D eigenvalue weighted by molar-refractivity contribution is 5.94. The van der Waals surface area contributed by atoms with Crippen molar-refractivity contribution in [1.82, 2.24) is 15.2 Å². The average Bonchev–Trinajstić information content (AvgIpc) is 2.74. The zero-order chi connectivity index (χ0) is 19.9. The van der Waals surface area contributed by atoms with E-state index in [0.717, 1.165) is 37.6 Å². The van der Waals surface area contributed by atoms with Crippen LogP contribution in [0, 0.1) is 0 Å². The maximum atomic E-state index is 12.5. The first-order valence-corrected chi connectivity index (χ1v) is 9.49. The number of pyridine rings is 1. The van der Waals surface area contributed by atoms with Crippen LogP contribution in [0.1, 0.15) is 15.9 Å². The molecule has 1 aromatic heterocycles. The molecule has 0 bridgehead atoms. The lowest BCUT2D eigenvalue weighted by Gasteiger charge is -2.33. The van der Waals surface area contributed by atoms with Crippen LogP contribution in [0.2, 0.25) is 0 Å². The van der Waals surface area contributed by atoms with Crippen molar-refractivity contribution in [3.8, 4) is 11.5 Å². The molecular weight excluding hydrogens is 356 g/mol. The number of amides is 1. The number of carbonyl (C=O) groups excluding carboxylic acids is 1. The molecule has 150 valence electrons. The summed E-state index contributed by atoms with van der Waals surface area (Å²) in [7, 11) is 5.35. The number of anilines is 1. The van der Waals surface area contributed by atoms with Crippen molar-refractivity contribution in [1.29, 1.82) is 0 Å². The van der Waals surface area contributed by atoms with Gasteiger partial charge in [-0.1, -0.05) is 6.07 Å². The number of hydrogen-bond acceptors (Lipinski definition) is 6. The molecule has 3 rings (SSSR count). The van der Waals surface area contributed by atoms with E-state index in [4.69, 9.17) is 9.47 Å². The number of nitrogens with zero attached hydrogens (tertiary/aromatic N) is 3. The van der Waals surface area contributed by atoms with Gasteiger partial charge in [0.15, 0.2) is 11.5 Å². The Hall–Kier alpha value is -2.80. The predicted octanol–water partition coefficient (Wildman–Crippen LogP) is 1.82. The molecule has 1 saturated heterocycles. The van der Waals surface area contributed by atoms with Crippen molar-refractivity contribution in [2.75, 3.05) is 58.9 Å². The zero-order valence-corrected chi connectivity index (χ0v) is 16.8. The van der Waals surface area contributed by atoms with Gasteiger partial charge >= 0.3 is 0 Å². The van der Waals surface area contributed by atoms with Gasteiger partial charge in [-0.25, -0.2) is 4.98 Å². The molecule has 1 amide bonds. The van der Waals surface area contributed by atoms with Crippen LogP contribution in [0.3, 0.4) is 0 Å². The van der Waals surface area contributed by atoms with E-state index in [2.05, 4.69) is 27.1 Å². The Bertz CT molecular complexity index is 804. The molecular formula is C21H28N4O3. The second kappa shape index (κ2) is 9.41. The summed E-state index contributed by atoms with van der Waals surface area (Å²) in [6.45, 7) is 4.40. The summed E-state index contributed by atoms with van der Waals surface area (Å²) < 4.78 is 10.6. The Labute approximate surface area is 166 Å². The molecule has 2 aromatic rings. The monoisotopic (exact) mass is 384 g/mol. The van der Waals surface area contributed by atoms with Crippen molar-refractivity contribution >= 4 is 11.7 Å². The largest absolute Gasteiger partial charge is 0.493 e. The first kappa shape index (κ1) is 19.9. The van der Waals surface area contributed by atoms with Gasteiger partial charge in [-0.3, -0.25) is 4.79 Å². The Morgan fingerprint density at radius 1 is 1.07 bits per heavy atom. The Morgan fingerprint density at radius 3 is 2.54 bits per heavy atom. The van der Waals surface area contributed by atoms with Gasteiger partial charge in [0.1, 0.15) is 5.82 Å². The van der Waals surface area contributed by atoms with Gasteiger partial charge in [0.25, 0.3) is 5.91 Å². The number of likely N-dealkylation sites (N-methyl/N-ethyl adjacent to an activating group) is 1. The quantitative estimate of drug-likeness (QED) is 0.786. The molecule has 7 nitrogen and oxygen atoms in total. The highest BCUT2D eigenvalue weighted by atomic mass is 16.5. The van der Waals surface area contributed by atoms with Crippen LogP contribution < -0.4 is 19.7 Å². The summed E-state index contributed by atoms with van der Waals surface area (Å²) in [5.74, 6) is 2.17. The number of benzene rings is 1. The zero-order valence-electron chi connectivity index (χ0n) is 16.8. The number of rotatable bonds is 7. The lowest BCUT2D eigenvalue weighted by molar-refractivity contribution is 0.0954. The summed E-state index contributed by atoms with van der Waals surface area (Å²) in [6, 6.07) is 9.41. The van der Waals surface area contributed by atoms with Crippen LogP contribution in [-0.2, 0) is 6.42 Å². The van der Waals surface area contributed by atoms with Crippen LogP contribution in [0.15, 0.2) is 36.5 Å². The second-order valence-corrected chi connectivity index (χ2v) is 6.89. The van der Waals surface area contributed by atoms with E-state index in [1.807, 2.05) is 24.3 Å². The summed E-state index contributed by atoms with van der Waals surface area (Å²) >= 11 is 0. The van der Waals surface area contributed by atoms with Gasteiger partial charge in [0.2, 0.25) is 0 Å². The van der Waals surface area contributed by atoms with E-state index in [0.29, 0.717) is 30.0 Å². The van der Waals surface area contributed by atoms with Gasteiger partial charge in [0.05, 0.1) is 14.2 Å². The van der Waals surface area contributed by atoms with Crippen LogP contribution in [0.4, 0.5) is 5.82 Å². The molecule has 28 heavy (non-hydrogen) atoms. The van der Waals surface area contributed by atoms with Gasteiger partial charge < -0.3 is 24.6 Å². The number of piperazine rings is 1. The molecule has 7 heteroatoms. The van der Waals surface area contributed by atoms with E-state index in [1.165, 1.54) is 0 Å². The number of hydrogen-bond donors (Lipinski definition) is 1. The molecule has 1 aliphatic rings. The van der Waals surface area contributed by atoms with E-state index in [9.17, 15) is 4.79 Å². The molecule has 0 atom stereocenters. The van der Waals surface area contributed by atoms with Crippen LogP contribution in [-0.4, -0.2) is 69.8 Å². The third-order valence-electron chi connectivity index (χ3n) is 4.98.